The molecule has 1 fully saturated rings. The Kier molecular flexibility index (Phi) is 7.98. The minimum atomic E-state index is -0.440. The van der Waals surface area contributed by atoms with Crippen LogP contribution in [-0.2, 0) is 17.8 Å². The lowest BCUT2D eigenvalue weighted by Gasteiger charge is -2.25. The SMILES string of the molecule is CN(C(=O)Cn1ccc2c(C=NNC(=O)c3ccc(O)c(Cl)c3)cccc21)C1CCC(Cc2ccccc2)C1. The number of hydrazone groups is 1. The first-order chi connectivity index (χ1) is 18.9. The van der Waals surface area contributed by atoms with Gasteiger partial charge in [0, 0.05) is 41.3 Å². The number of carbonyl (C=O) groups excluding carboxylic acids is 2. The molecule has 2 N–H and O–H groups in total. The van der Waals surface area contributed by atoms with Crippen LogP contribution >= 0.6 is 11.6 Å². The molecule has 1 aromatic heterocycles. The topological polar surface area (TPSA) is 86.9 Å². The van der Waals surface area contributed by atoms with Gasteiger partial charge in [-0.3, -0.25) is 9.59 Å². The molecule has 1 heterocycles. The zero-order valence-electron chi connectivity index (χ0n) is 21.8. The van der Waals surface area contributed by atoms with Gasteiger partial charge in [0.2, 0.25) is 5.91 Å². The Bertz CT molecular complexity index is 1520. The predicted molar refractivity (Wildman–Crippen MR) is 154 cm³/mol. The summed E-state index contributed by atoms with van der Waals surface area (Å²) in [5.74, 6) is 0.169. The molecule has 0 aliphatic heterocycles. The lowest BCUT2D eigenvalue weighted by Crippen LogP contribution is -2.37. The maximum Gasteiger partial charge on any atom is 0.271 e. The number of carbonyl (C=O) groups is 2. The molecular formula is C31H31ClN4O3. The Hall–Kier alpha value is -4.10. The number of fused-ring (bicyclic) bond motifs is 1. The molecule has 3 aromatic carbocycles. The maximum absolute atomic E-state index is 13.2. The number of amides is 2. The second kappa shape index (κ2) is 11.7. The van der Waals surface area contributed by atoms with Crippen molar-refractivity contribution >= 4 is 40.5 Å². The third-order valence-corrected chi connectivity index (χ3v) is 7.86. The van der Waals surface area contributed by atoms with E-state index in [0.717, 1.165) is 42.1 Å². The lowest BCUT2D eigenvalue weighted by atomic mass is 9.98. The number of hydrogen-bond acceptors (Lipinski definition) is 4. The van der Waals surface area contributed by atoms with Crippen LogP contribution in [0.25, 0.3) is 10.9 Å². The van der Waals surface area contributed by atoms with Crippen LogP contribution in [0.15, 0.2) is 84.1 Å². The van der Waals surface area contributed by atoms with E-state index >= 15 is 0 Å². The van der Waals surface area contributed by atoms with E-state index in [0.29, 0.717) is 5.92 Å². The van der Waals surface area contributed by atoms with Crippen molar-refractivity contribution in [1.29, 1.82) is 0 Å². The van der Waals surface area contributed by atoms with Crippen LogP contribution in [0, 0.1) is 5.92 Å². The Balaban J connectivity index is 1.20. The molecule has 1 aliphatic rings. The number of nitrogens with one attached hydrogen (secondary N) is 1. The Morgan fingerprint density at radius 3 is 2.72 bits per heavy atom. The number of rotatable bonds is 8. The fraction of sp³-hybridized carbons (Fsp3) is 0.258. The normalized spacial score (nSPS) is 17.1. The molecule has 4 aromatic rings. The van der Waals surface area contributed by atoms with E-state index in [1.165, 1.54) is 23.8 Å². The highest BCUT2D eigenvalue weighted by atomic mass is 35.5. The van der Waals surface area contributed by atoms with Crippen molar-refractivity contribution in [2.75, 3.05) is 7.05 Å². The van der Waals surface area contributed by atoms with E-state index in [2.05, 4.69) is 34.8 Å². The van der Waals surface area contributed by atoms with Gasteiger partial charge in [0.25, 0.3) is 5.91 Å². The fourth-order valence-electron chi connectivity index (χ4n) is 5.36. The fourth-order valence-corrected chi connectivity index (χ4v) is 5.55. The molecule has 7 nitrogen and oxygen atoms in total. The molecule has 1 saturated carbocycles. The van der Waals surface area contributed by atoms with Gasteiger partial charge >= 0.3 is 0 Å². The number of benzene rings is 3. The number of hydrogen-bond donors (Lipinski definition) is 2. The standard InChI is InChI=1S/C31H31ClN4O3/c1-35(25-12-10-22(17-25)16-21-6-3-2-4-7-21)30(38)20-36-15-14-26-24(8-5-9-28(26)36)19-33-34-31(39)23-11-13-29(37)27(32)18-23/h2-9,11,13-15,18-19,22,25,37H,10,12,16-17,20H2,1H3,(H,34,39). The number of aromatic hydroxyl groups is 1. The second-order valence-corrected chi connectivity index (χ2v) is 10.5. The third-order valence-electron chi connectivity index (χ3n) is 7.55. The first-order valence-electron chi connectivity index (χ1n) is 13.1. The zero-order chi connectivity index (χ0) is 27.4. The quantitative estimate of drug-likeness (QED) is 0.223. The first kappa shape index (κ1) is 26.5. The van der Waals surface area contributed by atoms with Crippen LogP contribution in [0.1, 0.15) is 40.7 Å². The maximum atomic E-state index is 13.2. The summed E-state index contributed by atoms with van der Waals surface area (Å²) in [5.41, 5.74) is 5.87. The van der Waals surface area contributed by atoms with E-state index in [1.807, 2.05) is 53.0 Å². The summed E-state index contributed by atoms with van der Waals surface area (Å²) < 4.78 is 1.96. The minimum absolute atomic E-state index is 0.0897. The number of phenols is 1. The van der Waals surface area contributed by atoms with Gasteiger partial charge in [-0.15, -0.1) is 0 Å². The Labute approximate surface area is 232 Å². The van der Waals surface area contributed by atoms with Gasteiger partial charge in [0.15, 0.2) is 0 Å². The van der Waals surface area contributed by atoms with E-state index in [1.54, 1.807) is 6.21 Å². The summed E-state index contributed by atoms with van der Waals surface area (Å²) >= 11 is 5.89. The van der Waals surface area contributed by atoms with Gasteiger partial charge in [-0.2, -0.15) is 5.10 Å². The molecular weight excluding hydrogens is 512 g/mol. The smallest absolute Gasteiger partial charge is 0.271 e. The molecule has 0 spiro atoms. The second-order valence-electron chi connectivity index (χ2n) is 10.1. The van der Waals surface area contributed by atoms with Crippen molar-refractivity contribution in [3.8, 4) is 5.75 Å². The highest BCUT2D eigenvalue weighted by Gasteiger charge is 2.30. The van der Waals surface area contributed by atoms with Crippen LogP contribution in [0.5, 0.6) is 5.75 Å². The number of halogens is 1. The average Bonchev–Trinajstić information content (AvgIpc) is 3.58. The zero-order valence-corrected chi connectivity index (χ0v) is 22.5. The van der Waals surface area contributed by atoms with Gasteiger partial charge in [-0.1, -0.05) is 54.1 Å². The molecule has 2 amide bonds. The minimum Gasteiger partial charge on any atom is -0.506 e. The van der Waals surface area contributed by atoms with Crippen molar-refractivity contribution in [3.05, 3.63) is 101 Å². The largest absolute Gasteiger partial charge is 0.506 e. The van der Waals surface area contributed by atoms with Crippen molar-refractivity contribution in [1.82, 2.24) is 14.9 Å². The van der Waals surface area contributed by atoms with Gasteiger partial charge < -0.3 is 14.6 Å². The van der Waals surface area contributed by atoms with Crippen LogP contribution in [0.2, 0.25) is 5.02 Å². The highest BCUT2D eigenvalue weighted by Crippen LogP contribution is 2.32. The molecule has 200 valence electrons. The Morgan fingerprint density at radius 2 is 1.92 bits per heavy atom. The third kappa shape index (κ3) is 6.15. The molecule has 5 rings (SSSR count). The molecule has 1 aliphatic carbocycles. The molecule has 0 saturated heterocycles. The number of nitrogens with zero attached hydrogens (tertiary/aromatic N) is 3. The summed E-state index contributed by atoms with van der Waals surface area (Å²) in [6, 6.07) is 22.8. The monoisotopic (exact) mass is 542 g/mol. The summed E-state index contributed by atoms with van der Waals surface area (Å²) in [6.07, 6.45) is 7.77. The number of phenolic OH excluding ortho intramolecular Hbond substituents is 1. The number of aromatic nitrogens is 1. The summed E-state index contributed by atoms with van der Waals surface area (Å²) in [6.45, 7) is 0.263. The van der Waals surface area contributed by atoms with E-state index in [4.69, 9.17) is 11.6 Å². The van der Waals surface area contributed by atoms with Crippen molar-refractivity contribution in [3.63, 3.8) is 0 Å². The van der Waals surface area contributed by atoms with Crippen molar-refractivity contribution < 1.29 is 14.7 Å². The van der Waals surface area contributed by atoms with E-state index in [-0.39, 0.29) is 34.8 Å². The predicted octanol–water partition coefficient (Wildman–Crippen LogP) is 5.63. The van der Waals surface area contributed by atoms with Gasteiger partial charge in [0.1, 0.15) is 12.3 Å². The van der Waals surface area contributed by atoms with E-state index < -0.39 is 5.91 Å². The van der Waals surface area contributed by atoms with Gasteiger partial charge in [-0.25, -0.2) is 5.43 Å². The van der Waals surface area contributed by atoms with Gasteiger partial charge in [0.05, 0.1) is 11.2 Å². The van der Waals surface area contributed by atoms with Crippen molar-refractivity contribution in [2.45, 2.75) is 38.3 Å². The molecule has 0 bridgehead atoms. The van der Waals surface area contributed by atoms with Crippen LogP contribution < -0.4 is 5.43 Å². The molecule has 0 radical (unpaired) electrons. The van der Waals surface area contributed by atoms with Crippen LogP contribution in [0.4, 0.5) is 0 Å². The average molecular weight is 543 g/mol. The van der Waals surface area contributed by atoms with Gasteiger partial charge in [-0.05, 0) is 67.5 Å². The molecule has 39 heavy (non-hydrogen) atoms. The lowest BCUT2D eigenvalue weighted by molar-refractivity contribution is -0.132. The van der Waals surface area contributed by atoms with Crippen molar-refractivity contribution in [2.24, 2.45) is 11.0 Å². The van der Waals surface area contributed by atoms with Crippen LogP contribution in [0.3, 0.4) is 0 Å². The molecule has 2 atom stereocenters. The number of likely N-dealkylation sites (N-methyl/N-ethyl adjacent to an activating group) is 1. The molecule has 2 unspecified atom stereocenters. The summed E-state index contributed by atoms with van der Waals surface area (Å²) in [7, 11) is 1.92. The summed E-state index contributed by atoms with van der Waals surface area (Å²) in [4.78, 5) is 27.5. The Morgan fingerprint density at radius 1 is 1.10 bits per heavy atom. The van der Waals surface area contributed by atoms with Crippen LogP contribution in [-0.4, -0.2) is 45.7 Å². The summed E-state index contributed by atoms with van der Waals surface area (Å²) in [5, 5.41) is 14.7. The first-order valence-corrected chi connectivity index (χ1v) is 13.5. The highest BCUT2D eigenvalue weighted by molar-refractivity contribution is 6.32. The molecule has 8 heteroatoms. The van der Waals surface area contributed by atoms with E-state index in [9.17, 15) is 14.7 Å².